The average molecular weight is 265 g/mol. The maximum Gasteiger partial charge on any atom is 0.231 e. The van der Waals surface area contributed by atoms with E-state index in [1.54, 1.807) is 5.38 Å². The van der Waals surface area contributed by atoms with E-state index in [0.29, 0.717) is 22.6 Å². The third-order valence-electron chi connectivity index (χ3n) is 2.40. The lowest BCUT2D eigenvalue weighted by atomic mass is 10.1. The Morgan fingerprint density at radius 2 is 2.39 bits per heavy atom. The first-order chi connectivity index (χ1) is 8.54. The molecule has 2 aromatic heterocycles. The monoisotopic (exact) mass is 265 g/mol. The van der Waals surface area contributed by atoms with Crippen LogP contribution in [0.4, 0.5) is 10.9 Å². The molecular formula is C11H15N5OS. The molecule has 96 valence electrons. The Hall–Kier alpha value is -1.89. The van der Waals surface area contributed by atoms with Crippen LogP contribution in [0.5, 0.6) is 0 Å². The first kappa shape index (κ1) is 12.6. The van der Waals surface area contributed by atoms with E-state index >= 15 is 0 Å². The van der Waals surface area contributed by atoms with E-state index in [-0.39, 0.29) is 12.3 Å². The number of thiazole rings is 1. The van der Waals surface area contributed by atoms with Gasteiger partial charge in [0, 0.05) is 17.1 Å². The molecule has 4 N–H and O–H groups in total. The van der Waals surface area contributed by atoms with Crippen molar-refractivity contribution in [3.63, 3.8) is 0 Å². The number of hydrogen-bond donors (Lipinski definition) is 3. The van der Waals surface area contributed by atoms with Crippen LogP contribution in [0, 0.1) is 0 Å². The summed E-state index contributed by atoms with van der Waals surface area (Å²) in [6.45, 7) is 4.11. The highest BCUT2D eigenvalue weighted by Gasteiger charge is 2.10. The Kier molecular flexibility index (Phi) is 3.61. The number of nitrogens with zero attached hydrogens (tertiary/aromatic N) is 2. The summed E-state index contributed by atoms with van der Waals surface area (Å²) in [7, 11) is 0. The molecule has 0 atom stereocenters. The molecule has 0 bridgehead atoms. The fourth-order valence-electron chi connectivity index (χ4n) is 1.45. The number of H-pyrrole nitrogens is 1. The molecular weight excluding hydrogens is 250 g/mol. The van der Waals surface area contributed by atoms with Gasteiger partial charge in [-0.15, -0.1) is 11.3 Å². The number of nitrogen functional groups attached to an aromatic ring is 1. The smallest absolute Gasteiger partial charge is 0.231 e. The van der Waals surface area contributed by atoms with Crippen molar-refractivity contribution in [3.05, 3.63) is 22.8 Å². The predicted octanol–water partition coefficient (Wildman–Crippen LogP) is 1.75. The Balaban J connectivity index is 1.94. The van der Waals surface area contributed by atoms with Crippen molar-refractivity contribution < 1.29 is 4.79 Å². The van der Waals surface area contributed by atoms with Crippen LogP contribution in [0.1, 0.15) is 31.2 Å². The second-order valence-electron chi connectivity index (χ2n) is 4.27. The first-order valence-corrected chi connectivity index (χ1v) is 6.47. The molecule has 2 aromatic rings. The molecule has 0 aliphatic rings. The van der Waals surface area contributed by atoms with Crippen molar-refractivity contribution in [2.45, 2.75) is 26.2 Å². The highest BCUT2D eigenvalue weighted by atomic mass is 32.1. The van der Waals surface area contributed by atoms with Crippen LogP contribution in [0.25, 0.3) is 0 Å². The predicted molar refractivity (Wildman–Crippen MR) is 71.5 cm³/mol. The number of amides is 1. The van der Waals surface area contributed by atoms with Gasteiger partial charge in [-0.05, 0) is 5.92 Å². The van der Waals surface area contributed by atoms with Crippen LogP contribution in [0.15, 0.2) is 11.4 Å². The summed E-state index contributed by atoms with van der Waals surface area (Å²) in [6, 6.07) is 1.83. The van der Waals surface area contributed by atoms with Crippen LogP contribution in [0.2, 0.25) is 0 Å². The minimum Gasteiger partial charge on any atom is -0.375 e. The summed E-state index contributed by atoms with van der Waals surface area (Å²) in [6.07, 6.45) is 0.206. The van der Waals surface area contributed by atoms with Crippen molar-refractivity contribution >= 4 is 28.2 Å². The standard InChI is InChI=1S/C11H15N5OS/c1-6(2)8-4-9(16-15-8)14-10(17)3-7-5-18-11(12)13-7/h4-6H,3H2,1-2H3,(H2,12,13)(H2,14,15,16,17). The van der Waals surface area contributed by atoms with Gasteiger partial charge in [0.05, 0.1) is 12.1 Å². The van der Waals surface area contributed by atoms with Gasteiger partial charge in [-0.2, -0.15) is 5.10 Å². The molecule has 0 unspecified atom stereocenters. The maximum absolute atomic E-state index is 11.7. The number of hydrogen-bond acceptors (Lipinski definition) is 5. The summed E-state index contributed by atoms with van der Waals surface area (Å²) < 4.78 is 0. The number of nitrogens with two attached hydrogens (primary N) is 1. The van der Waals surface area contributed by atoms with Crippen LogP contribution < -0.4 is 11.1 Å². The van der Waals surface area contributed by atoms with Gasteiger partial charge in [0.15, 0.2) is 10.9 Å². The Morgan fingerprint density at radius 1 is 1.61 bits per heavy atom. The quantitative estimate of drug-likeness (QED) is 0.784. The normalized spacial score (nSPS) is 10.8. The van der Waals surface area contributed by atoms with E-state index in [0.717, 1.165) is 5.69 Å². The van der Waals surface area contributed by atoms with E-state index in [1.807, 2.05) is 6.07 Å². The number of carbonyl (C=O) groups excluding carboxylic acids is 1. The number of rotatable bonds is 4. The summed E-state index contributed by atoms with van der Waals surface area (Å²) in [5, 5.41) is 11.9. The van der Waals surface area contributed by atoms with Crippen molar-refractivity contribution in [2.75, 3.05) is 11.1 Å². The van der Waals surface area contributed by atoms with Gasteiger partial charge in [0.25, 0.3) is 0 Å². The van der Waals surface area contributed by atoms with E-state index in [9.17, 15) is 4.79 Å². The topological polar surface area (TPSA) is 96.7 Å². The third kappa shape index (κ3) is 3.07. The molecule has 1 amide bonds. The molecule has 18 heavy (non-hydrogen) atoms. The molecule has 7 heteroatoms. The first-order valence-electron chi connectivity index (χ1n) is 5.59. The zero-order valence-corrected chi connectivity index (χ0v) is 11.0. The number of nitrogens with one attached hydrogen (secondary N) is 2. The van der Waals surface area contributed by atoms with Gasteiger partial charge in [-0.3, -0.25) is 9.89 Å². The fourth-order valence-corrected chi connectivity index (χ4v) is 2.01. The number of anilines is 2. The second kappa shape index (κ2) is 5.18. The average Bonchev–Trinajstić information content (AvgIpc) is 2.88. The summed E-state index contributed by atoms with van der Waals surface area (Å²) in [4.78, 5) is 15.8. The minimum atomic E-state index is -0.151. The maximum atomic E-state index is 11.7. The zero-order valence-electron chi connectivity index (χ0n) is 10.2. The van der Waals surface area contributed by atoms with Crippen molar-refractivity contribution in [1.29, 1.82) is 0 Å². The van der Waals surface area contributed by atoms with Crippen molar-refractivity contribution in [2.24, 2.45) is 0 Å². The minimum absolute atomic E-state index is 0.151. The van der Waals surface area contributed by atoms with Gasteiger partial charge < -0.3 is 11.1 Å². The van der Waals surface area contributed by atoms with Gasteiger partial charge in [0.2, 0.25) is 5.91 Å². The summed E-state index contributed by atoms with van der Waals surface area (Å²) >= 11 is 1.33. The third-order valence-corrected chi connectivity index (χ3v) is 3.12. The fraction of sp³-hybridized carbons (Fsp3) is 0.364. The molecule has 0 spiro atoms. The lowest BCUT2D eigenvalue weighted by Gasteiger charge is -1.99. The Morgan fingerprint density at radius 3 is 2.94 bits per heavy atom. The molecule has 0 aromatic carbocycles. The van der Waals surface area contributed by atoms with E-state index in [1.165, 1.54) is 11.3 Å². The molecule has 0 aliphatic carbocycles. The van der Waals surface area contributed by atoms with Crippen molar-refractivity contribution in [3.8, 4) is 0 Å². The number of aromatic nitrogens is 3. The van der Waals surface area contributed by atoms with Gasteiger partial charge >= 0.3 is 0 Å². The lowest BCUT2D eigenvalue weighted by Crippen LogP contribution is -2.14. The van der Waals surface area contributed by atoms with Crippen LogP contribution in [0.3, 0.4) is 0 Å². The Labute approximate surface area is 109 Å². The molecule has 0 saturated heterocycles. The van der Waals surface area contributed by atoms with Gasteiger partial charge in [-0.1, -0.05) is 13.8 Å². The summed E-state index contributed by atoms with van der Waals surface area (Å²) in [5.74, 6) is 0.732. The van der Waals surface area contributed by atoms with Crippen LogP contribution in [-0.2, 0) is 11.2 Å². The molecule has 0 saturated carbocycles. The molecule has 0 aliphatic heterocycles. The Bertz CT molecular complexity index is 545. The van der Waals surface area contributed by atoms with Crippen LogP contribution >= 0.6 is 11.3 Å². The van der Waals surface area contributed by atoms with Gasteiger partial charge in [0.1, 0.15) is 0 Å². The molecule has 2 rings (SSSR count). The lowest BCUT2D eigenvalue weighted by molar-refractivity contribution is -0.115. The second-order valence-corrected chi connectivity index (χ2v) is 5.15. The molecule has 2 heterocycles. The van der Waals surface area contributed by atoms with E-state index < -0.39 is 0 Å². The molecule has 0 fully saturated rings. The highest BCUT2D eigenvalue weighted by Crippen LogP contribution is 2.15. The molecule has 6 nitrogen and oxygen atoms in total. The summed E-state index contributed by atoms with van der Waals surface area (Å²) in [5.41, 5.74) is 7.17. The van der Waals surface area contributed by atoms with E-state index in [2.05, 4.69) is 34.3 Å². The van der Waals surface area contributed by atoms with Crippen LogP contribution in [-0.4, -0.2) is 21.1 Å². The van der Waals surface area contributed by atoms with Gasteiger partial charge in [-0.25, -0.2) is 4.98 Å². The number of aromatic amines is 1. The SMILES string of the molecule is CC(C)c1cc(NC(=O)Cc2csc(N)n2)n[nH]1. The largest absolute Gasteiger partial charge is 0.375 e. The van der Waals surface area contributed by atoms with Crippen molar-refractivity contribution in [1.82, 2.24) is 15.2 Å². The highest BCUT2D eigenvalue weighted by molar-refractivity contribution is 7.13. The number of carbonyl (C=O) groups is 1. The van der Waals surface area contributed by atoms with E-state index in [4.69, 9.17) is 5.73 Å². The molecule has 0 radical (unpaired) electrons. The zero-order chi connectivity index (χ0) is 13.1.